The van der Waals surface area contributed by atoms with Gasteiger partial charge in [0, 0.05) is 38.1 Å². The van der Waals surface area contributed by atoms with Crippen molar-refractivity contribution < 1.29 is 18.0 Å². The number of benzene rings is 1. The molecule has 1 N–H and O–H groups in total. The normalized spacial score (nSPS) is 15.6. The van der Waals surface area contributed by atoms with Crippen molar-refractivity contribution in [3.05, 3.63) is 53.7 Å². The van der Waals surface area contributed by atoms with Gasteiger partial charge < -0.3 is 10.2 Å². The molecular formula is C19H21F3N4O. The highest BCUT2D eigenvalue weighted by atomic mass is 19.4. The number of nitrogens with one attached hydrogen (secondary N) is 1. The van der Waals surface area contributed by atoms with Crippen molar-refractivity contribution in [3.63, 3.8) is 0 Å². The fourth-order valence-corrected chi connectivity index (χ4v) is 3.11. The molecule has 1 aliphatic rings. The van der Waals surface area contributed by atoms with E-state index in [1.165, 1.54) is 12.3 Å². The van der Waals surface area contributed by atoms with Crippen molar-refractivity contribution in [3.8, 4) is 0 Å². The summed E-state index contributed by atoms with van der Waals surface area (Å²) in [6.45, 7) is 3.91. The lowest BCUT2D eigenvalue weighted by atomic mass is 10.2. The Morgan fingerprint density at radius 1 is 1.15 bits per heavy atom. The quantitative estimate of drug-likeness (QED) is 0.888. The van der Waals surface area contributed by atoms with Crippen LogP contribution >= 0.6 is 0 Å². The molecule has 1 fully saturated rings. The third-order valence-electron chi connectivity index (χ3n) is 4.43. The molecule has 0 saturated carbocycles. The van der Waals surface area contributed by atoms with Gasteiger partial charge in [0.1, 0.15) is 5.82 Å². The maximum atomic E-state index is 13.2. The molecule has 1 aromatic carbocycles. The number of piperazine rings is 1. The van der Waals surface area contributed by atoms with Crippen LogP contribution in [0, 0.1) is 6.92 Å². The number of hydrogen-bond acceptors (Lipinski definition) is 4. The van der Waals surface area contributed by atoms with Crippen LogP contribution in [0.2, 0.25) is 0 Å². The molecule has 0 aliphatic carbocycles. The fourth-order valence-electron chi connectivity index (χ4n) is 3.11. The molecule has 3 rings (SSSR count). The zero-order valence-corrected chi connectivity index (χ0v) is 15.0. The zero-order chi connectivity index (χ0) is 19.4. The number of aromatic nitrogens is 1. The Bertz CT molecular complexity index is 802. The SMILES string of the molecule is Cc1cccc(NC(=O)CN2CCN(c3ncccc3C(F)(F)F)CC2)c1. The summed E-state index contributed by atoms with van der Waals surface area (Å²) in [7, 11) is 0. The maximum Gasteiger partial charge on any atom is 0.419 e. The van der Waals surface area contributed by atoms with Crippen LogP contribution in [0.5, 0.6) is 0 Å². The van der Waals surface area contributed by atoms with Crippen molar-refractivity contribution in [2.45, 2.75) is 13.1 Å². The molecule has 2 aromatic rings. The van der Waals surface area contributed by atoms with E-state index in [4.69, 9.17) is 0 Å². The van der Waals surface area contributed by atoms with Gasteiger partial charge in [-0.25, -0.2) is 4.98 Å². The lowest BCUT2D eigenvalue weighted by Crippen LogP contribution is -2.49. The molecule has 1 saturated heterocycles. The average molecular weight is 378 g/mol. The van der Waals surface area contributed by atoms with E-state index >= 15 is 0 Å². The first kappa shape index (κ1) is 19.2. The average Bonchev–Trinajstić information content (AvgIpc) is 2.61. The van der Waals surface area contributed by atoms with Crippen LogP contribution in [0.1, 0.15) is 11.1 Å². The molecule has 5 nitrogen and oxygen atoms in total. The highest BCUT2D eigenvalue weighted by Gasteiger charge is 2.36. The van der Waals surface area contributed by atoms with Crippen LogP contribution in [-0.4, -0.2) is 48.5 Å². The Kier molecular flexibility index (Phi) is 5.65. The number of pyridine rings is 1. The number of amides is 1. The summed E-state index contributed by atoms with van der Waals surface area (Å²) in [5.41, 5.74) is 1.06. The number of carbonyl (C=O) groups is 1. The lowest BCUT2D eigenvalue weighted by Gasteiger charge is -2.35. The third-order valence-corrected chi connectivity index (χ3v) is 4.43. The first-order valence-corrected chi connectivity index (χ1v) is 8.69. The molecular weight excluding hydrogens is 357 g/mol. The topological polar surface area (TPSA) is 48.5 Å². The van der Waals surface area contributed by atoms with E-state index < -0.39 is 11.7 Å². The van der Waals surface area contributed by atoms with Gasteiger partial charge in [-0.15, -0.1) is 0 Å². The van der Waals surface area contributed by atoms with E-state index in [1.54, 1.807) is 4.90 Å². The molecule has 1 aromatic heterocycles. The standard InChI is InChI=1S/C19H21F3N4O/c1-14-4-2-5-15(12-14)24-17(27)13-25-8-10-26(11-9-25)18-16(19(20,21)22)6-3-7-23-18/h2-7,12H,8-11,13H2,1H3,(H,24,27). The van der Waals surface area contributed by atoms with Crippen LogP contribution in [0.4, 0.5) is 24.7 Å². The van der Waals surface area contributed by atoms with Gasteiger partial charge in [-0.05, 0) is 36.8 Å². The van der Waals surface area contributed by atoms with E-state index in [2.05, 4.69) is 10.3 Å². The molecule has 27 heavy (non-hydrogen) atoms. The Morgan fingerprint density at radius 3 is 2.56 bits per heavy atom. The highest BCUT2D eigenvalue weighted by molar-refractivity contribution is 5.92. The van der Waals surface area contributed by atoms with Crippen molar-refractivity contribution in [1.29, 1.82) is 0 Å². The molecule has 0 unspecified atom stereocenters. The van der Waals surface area contributed by atoms with Crippen LogP contribution in [0.3, 0.4) is 0 Å². The predicted molar refractivity (Wildman–Crippen MR) is 97.7 cm³/mol. The summed E-state index contributed by atoms with van der Waals surface area (Å²) < 4.78 is 39.5. The number of rotatable bonds is 4. The summed E-state index contributed by atoms with van der Waals surface area (Å²) in [6, 6.07) is 9.86. The highest BCUT2D eigenvalue weighted by Crippen LogP contribution is 2.35. The molecule has 0 radical (unpaired) electrons. The summed E-state index contributed by atoms with van der Waals surface area (Å²) >= 11 is 0. The maximum absolute atomic E-state index is 13.2. The van der Waals surface area contributed by atoms with Gasteiger partial charge >= 0.3 is 6.18 Å². The van der Waals surface area contributed by atoms with Gasteiger partial charge in [-0.2, -0.15) is 13.2 Å². The molecule has 8 heteroatoms. The van der Waals surface area contributed by atoms with Gasteiger partial charge in [-0.3, -0.25) is 9.69 Å². The van der Waals surface area contributed by atoms with Crippen molar-refractivity contribution in [2.24, 2.45) is 0 Å². The first-order chi connectivity index (χ1) is 12.8. The summed E-state index contributed by atoms with van der Waals surface area (Å²) in [5.74, 6) is -0.184. The summed E-state index contributed by atoms with van der Waals surface area (Å²) in [5, 5.41) is 2.85. The minimum absolute atomic E-state index is 0.0473. The van der Waals surface area contributed by atoms with Crippen molar-refractivity contribution in [2.75, 3.05) is 42.9 Å². The molecule has 0 bridgehead atoms. The third kappa shape index (κ3) is 4.97. The number of alkyl halides is 3. The Hall–Kier alpha value is -2.61. The number of hydrogen-bond donors (Lipinski definition) is 1. The number of halogens is 3. The predicted octanol–water partition coefficient (Wildman–Crippen LogP) is 3.17. The van der Waals surface area contributed by atoms with Crippen LogP contribution in [0.15, 0.2) is 42.6 Å². The fraction of sp³-hybridized carbons (Fsp3) is 0.368. The second kappa shape index (κ2) is 7.96. The van der Waals surface area contributed by atoms with Gasteiger partial charge in [0.2, 0.25) is 5.91 Å². The monoisotopic (exact) mass is 378 g/mol. The Balaban J connectivity index is 1.56. The molecule has 0 spiro atoms. The van der Waals surface area contributed by atoms with E-state index in [-0.39, 0.29) is 18.3 Å². The van der Waals surface area contributed by atoms with Gasteiger partial charge in [-0.1, -0.05) is 12.1 Å². The second-order valence-corrected chi connectivity index (χ2v) is 6.55. The number of nitrogens with zero attached hydrogens (tertiary/aromatic N) is 3. The molecule has 144 valence electrons. The number of aryl methyl sites for hydroxylation is 1. The summed E-state index contributed by atoms with van der Waals surface area (Å²) in [4.78, 5) is 19.7. The van der Waals surface area contributed by atoms with Gasteiger partial charge in [0.05, 0.1) is 12.1 Å². The van der Waals surface area contributed by atoms with E-state index in [0.29, 0.717) is 26.2 Å². The number of carbonyl (C=O) groups excluding carboxylic acids is 1. The lowest BCUT2D eigenvalue weighted by molar-refractivity contribution is -0.137. The minimum Gasteiger partial charge on any atom is -0.354 e. The van der Waals surface area contributed by atoms with Crippen LogP contribution < -0.4 is 10.2 Å². The largest absolute Gasteiger partial charge is 0.419 e. The van der Waals surface area contributed by atoms with Gasteiger partial charge in [0.15, 0.2) is 0 Å². The van der Waals surface area contributed by atoms with Gasteiger partial charge in [0.25, 0.3) is 0 Å². The van der Waals surface area contributed by atoms with Crippen LogP contribution in [0.25, 0.3) is 0 Å². The zero-order valence-electron chi connectivity index (χ0n) is 15.0. The van der Waals surface area contributed by atoms with E-state index in [1.807, 2.05) is 36.1 Å². The van der Waals surface area contributed by atoms with Crippen LogP contribution in [-0.2, 0) is 11.0 Å². The smallest absolute Gasteiger partial charge is 0.354 e. The molecule has 2 heterocycles. The minimum atomic E-state index is -4.44. The van der Waals surface area contributed by atoms with E-state index in [0.717, 1.165) is 17.3 Å². The number of anilines is 2. The summed E-state index contributed by atoms with van der Waals surface area (Å²) in [6.07, 6.45) is -3.07. The van der Waals surface area contributed by atoms with E-state index in [9.17, 15) is 18.0 Å². The second-order valence-electron chi connectivity index (χ2n) is 6.55. The molecule has 1 aliphatic heterocycles. The molecule has 0 atom stereocenters. The van der Waals surface area contributed by atoms with Crippen molar-refractivity contribution in [1.82, 2.24) is 9.88 Å². The Labute approximate surface area is 155 Å². The molecule has 1 amide bonds. The Morgan fingerprint density at radius 2 is 1.89 bits per heavy atom. The first-order valence-electron chi connectivity index (χ1n) is 8.69. The van der Waals surface area contributed by atoms with Crippen molar-refractivity contribution >= 4 is 17.4 Å².